The Morgan fingerprint density at radius 3 is 2.48 bits per heavy atom. The fraction of sp³-hybridized carbons (Fsp3) is 0.375. The van der Waals surface area contributed by atoms with Gasteiger partial charge in [-0.2, -0.15) is 5.26 Å². The molecule has 0 unspecified atom stereocenters. The summed E-state index contributed by atoms with van der Waals surface area (Å²) in [7, 11) is 3.11. The van der Waals surface area contributed by atoms with Gasteiger partial charge in [-0.05, 0) is 36.6 Å². The van der Waals surface area contributed by atoms with Crippen molar-refractivity contribution in [2.45, 2.75) is 12.8 Å². The first-order valence-electron chi connectivity index (χ1n) is 6.82. The maximum Gasteiger partial charge on any atom is 0.264 e. The molecule has 0 N–H and O–H groups in total. The molecule has 110 valence electrons. The predicted molar refractivity (Wildman–Crippen MR) is 79.0 cm³/mol. The summed E-state index contributed by atoms with van der Waals surface area (Å²) in [5, 5.41) is 9.22. The molecule has 1 aromatic carbocycles. The molecule has 1 aliphatic heterocycles. The highest BCUT2D eigenvalue weighted by Crippen LogP contribution is 2.28. The topological polar surface area (TPSA) is 62.6 Å². The van der Waals surface area contributed by atoms with Crippen molar-refractivity contribution >= 4 is 12.0 Å². The molecule has 1 aromatic rings. The zero-order valence-corrected chi connectivity index (χ0v) is 12.3. The smallest absolute Gasteiger partial charge is 0.264 e. The van der Waals surface area contributed by atoms with Crippen molar-refractivity contribution in [1.82, 2.24) is 4.90 Å². The van der Waals surface area contributed by atoms with Crippen LogP contribution < -0.4 is 9.47 Å². The highest BCUT2D eigenvalue weighted by Gasteiger charge is 2.21. The van der Waals surface area contributed by atoms with Crippen molar-refractivity contribution in [3.63, 3.8) is 0 Å². The van der Waals surface area contributed by atoms with Crippen LogP contribution in [0.15, 0.2) is 23.8 Å². The van der Waals surface area contributed by atoms with E-state index in [1.54, 1.807) is 43.4 Å². The number of ether oxygens (including phenoxy) is 2. The maximum absolute atomic E-state index is 12.2. The lowest BCUT2D eigenvalue weighted by molar-refractivity contribution is -0.125. The van der Waals surface area contributed by atoms with Crippen molar-refractivity contribution in [2.24, 2.45) is 0 Å². The number of amides is 1. The lowest BCUT2D eigenvalue weighted by Gasteiger charge is -2.14. The molecule has 1 fully saturated rings. The molecule has 0 spiro atoms. The third-order valence-corrected chi connectivity index (χ3v) is 3.46. The molecule has 1 heterocycles. The summed E-state index contributed by atoms with van der Waals surface area (Å²) in [6.45, 7) is 1.45. The second-order valence-electron chi connectivity index (χ2n) is 4.78. The SMILES string of the molecule is COc1ccc(/C=C(\C#N)C(=O)N2CCCC2)cc1OC. The van der Waals surface area contributed by atoms with E-state index in [1.807, 2.05) is 6.07 Å². The van der Waals surface area contributed by atoms with Crippen LogP contribution in [0.25, 0.3) is 6.08 Å². The Morgan fingerprint density at radius 2 is 1.90 bits per heavy atom. The van der Waals surface area contributed by atoms with E-state index in [0.717, 1.165) is 31.5 Å². The third kappa shape index (κ3) is 3.34. The summed E-state index contributed by atoms with van der Waals surface area (Å²) >= 11 is 0. The molecule has 0 saturated carbocycles. The number of rotatable bonds is 4. The first-order chi connectivity index (χ1) is 10.2. The van der Waals surface area contributed by atoms with Crippen molar-refractivity contribution in [2.75, 3.05) is 27.3 Å². The van der Waals surface area contributed by atoms with Crippen LogP contribution >= 0.6 is 0 Å². The van der Waals surface area contributed by atoms with Crippen LogP contribution in [0.1, 0.15) is 18.4 Å². The van der Waals surface area contributed by atoms with Crippen molar-refractivity contribution < 1.29 is 14.3 Å². The molecule has 0 aliphatic carbocycles. The highest BCUT2D eigenvalue weighted by molar-refractivity contribution is 6.01. The molecular formula is C16H18N2O3. The average Bonchev–Trinajstić information content (AvgIpc) is 3.06. The van der Waals surface area contributed by atoms with Crippen LogP contribution in [0.3, 0.4) is 0 Å². The van der Waals surface area contributed by atoms with Crippen LogP contribution in [-0.2, 0) is 4.79 Å². The van der Waals surface area contributed by atoms with E-state index in [2.05, 4.69) is 0 Å². The van der Waals surface area contributed by atoms with Gasteiger partial charge in [0.15, 0.2) is 11.5 Å². The second-order valence-corrected chi connectivity index (χ2v) is 4.78. The minimum atomic E-state index is -0.204. The maximum atomic E-state index is 12.2. The molecule has 1 aliphatic rings. The minimum absolute atomic E-state index is 0.143. The fourth-order valence-electron chi connectivity index (χ4n) is 2.34. The molecule has 0 aromatic heterocycles. The van der Waals surface area contributed by atoms with Crippen LogP contribution in [0.5, 0.6) is 11.5 Å². The van der Waals surface area contributed by atoms with E-state index >= 15 is 0 Å². The number of carbonyl (C=O) groups excluding carboxylic acids is 1. The average molecular weight is 286 g/mol. The van der Waals surface area contributed by atoms with Gasteiger partial charge in [0.1, 0.15) is 11.6 Å². The van der Waals surface area contributed by atoms with Gasteiger partial charge in [0.2, 0.25) is 0 Å². The Balaban J connectivity index is 2.27. The van der Waals surface area contributed by atoms with Gasteiger partial charge in [-0.25, -0.2) is 0 Å². The number of nitrogens with zero attached hydrogens (tertiary/aromatic N) is 2. The lowest BCUT2D eigenvalue weighted by atomic mass is 10.1. The van der Waals surface area contributed by atoms with E-state index in [1.165, 1.54) is 0 Å². The Morgan fingerprint density at radius 1 is 1.24 bits per heavy atom. The second kappa shape index (κ2) is 6.80. The van der Waals surface area contributed by atoms with E-state index in [4.69, 9.17) is 9.47 Å². The molecule has 1 amide bonds. The van der Waals surface area contributed by atoms with E-state index in [0.29, 0.717) is 11.5 Å². The number of hydrogen-bond acceptors (Lipinski definition) is 4. The van der Waals surface area contributed by atoms with Crippen LogP contribution in [-0.4, -0.2) is 38.1 Å². The summed E-state index contributed by atoms with van der Waals surface area (Å²) in [5.74, 6) is 0.973. The first kappa shape index (κ1) is 14.9. The Hall–Kier alpha value is -2.48. The monoisotopic (exact) mass is 286 g/mol. The number of hydrogen-bond donors (Lipinski definition) is 0. The number of carbonyl (C=O) groups is 1. The summed E-state index contributed by atoms with van der Waals surface area (Å²) in [6, 6.07) is 7.27. The van der Waals surface area contributed by atoms with E-state index in [9.17, 15) is 10.1 Å². The van der Waals surface area contributed by atoms with Gasteiger partial charge in [-0.15, -0.1) is 0 Å². The van der Waals surface area contributed by atoms with Gasteiger partial charge >= 0.3 is 0 Å². The largest absolute Gasteiger partial charge is 0.493 e. The fourth-order valence-corrected chi connectivity index (χ4v) is 2.34. The first-order valence-corrected chi connectivity index (χ1v) is 6.82. The molecule has 0 radical (unpaired) electrons. The summed E-state index contributed by atoms with van der Waals surface area (Å²) in [6.07, 6.45) is 3.59. The van der Waals surface area contributed by atoms with Crippen molar-refractivity contribution in [3.05, 3.63) is 29.3 Å². The predicted octanol–water partition coefficient (Wildman–Crippen LogP) is 2.23. The van der Waals surface area contributed by atoms with Crippen molar-refractivity contribution in [1.29, 1.82) is 5.26 Å². The van der Waals surface area contributed by atoms with Gasteiger partial charge < -0.3 is 14.4 Å². The van der Waals surface area contributed by atoms with Gasteiger partial charge in [-0.3, -0.25) is 4.79 Å². The zero-order valence-electron chi connectivity index (χ0n) is 12.3. The molecule has 2 rings (SSSR count). The normalized spacial score (nSPS) is 14.7. The van der Waals surface area contributed by atoms with Gasteiger partial charge in [0, 0.05) is 13.1 Å². The zero-order chi connectivity index (χ0) is 15.2. The van der Waals surface area contributed by atoms with Gasteiger partial charge in [0.25, 0.3) is 5.91 Å². The lowest BCUT2D eigenvalue weighted by Crippen LogP contribution is -2.28. The molecule has 0 atom stereocenters. The quantitative estimate of drug-likeness (QED) is 0.629. The van der Waals surface area contributed by atoms with E-state index in [-0.39, 0.29) is 11.5 Å². The van der Waals surface area contributed by atoms with Crippen LogP contribution in [0.4, 0.5) is 0 Å². The molecule has 5 heteroatoms. The molecule has 1 saturated heterocycles. The van der Waals surface area contributed by atoms with Crippen LogP contribution in [0.2, 0.25) is 0 Å². The number of benzene rings is 1. The van der Waals surface area contributed by atoms with Gasteiger partial charge in [-0.1, -0.05) is 6.07 Å². The summed E-state index contributed by atoms with van der Waals surface area (Å²) in [4.78, 5) is 14.0. The Labute approximate surface area is 124 Å². The third-order valence-electron chi connectivity index (χ3n) is 3.46. The number of methoxy groups -OCH3 is 2. The summed E-state index contributed by atoms with van der Waals surface area (Å²) < 4.78 is 10.4. The minimum Gasteiger partial charge on any atom is -0.493 e. The molecule has 5 nitrogen and oxygen atoms in total. The highest BCUT2D eigenvalue weighted by atomic mass is 16.5. The van der Waals surface area contributed by atoms with Crippen LogP contribution in [0, 0.1) is 11.3 Å². The Kier molecular flexibility index (Phi) is 4.83. The molecule has 21 heavy (non-hydrogen) atoms. The summed E-state index contributed by atoms with van der Waals surface area (Å²) in [5.41, 5.74) is 0.876. The number of nitriles is 1. The van der Waals surface area contributed by atoms with E-state index < -0.39 is 0 Å². The van der Waals surface area contributed by atoms with Gasteiger partial charge in [0.05, 0.1) is 14.2 Å². The van der Waals surface area contributed by atoms with Crippen molar-refractivity contribution in [3.8, 4) is 17.6 Å². The standard InChI is InChI=1S/C16H18N2O3/c1-20-14-6-5-12(10-15(14)21-2)9-13(11-17)16(19)18-7-3-4-8-18/h5-6,9-10H,3-4,7-8H2,1-2H3/b13-9+. The Bertz CT molecular complexity index is 596. The molecule has 0 bridgehead atoms. The number of likely N-dealkylation sites (tertiary alicyclic amines) is 1. The molecular weight excluding hydrogens is 268 g/mol.